The number of rotatable bonds is 4. The summed E-state index contributed by atoms with van der Waals surface area (Å²) in [5.74, 6) is 0. The first kappa shape index (κ1) is 9.54. The normalized spacial score (nSPS) is 34.8. The largest absolute Gasteiger partial charge is 0.376 e. The van der Waals surface area contributed by atoms with E-state index in [1.54, 1.807) is 0 Å². The maximum absolute atomic E-state index is 5.23. The van der Waals surface area contributed by atoms with Crippen LogP contribution in [0.1, 0.15) is 0 Å². The summed E-state index contributed by atoms with van der Waals surface area (Å²) in [5, 5.41) is 0. The molecule has 3 nitrogen and oxygen atoms in total. The second kappa shape index (κ2) is 4.47. The maximum Gasteiger partial charge on any atom is 0.104 e. The van der Waals surface area contributed by atoms with Crippen LogP contribution in [0.2, 0.25) is 0 Å². The van der Waals surface area contributed by atoms with Gasteiger partial charge in [-0.15, -0.1) is 0 Å². The van der Waals surface area contributed by atoms with Crippen LogP contribution in [0.25, 0.3) is 0 Å². The number of ether oxygens (including phenoxy) is 3. The Kier molecular flexibility index (Phi) is 4.26. The first-order chi connectivity index (χ1) is 4.45. The van der Waals surface area contributed by atoms with E-state index in [1.165, 1.54) is 0 Å². The zero-order chi connectivity index (χ0) is 6.10. The molecule has 2 fully saturated rings. The van der Waals surface area contributed by atoms with Gasteiger partial charge in [0.25, 0.3) is 0 Å². The van der Waals surface area contributed by atoms with Crippen LogP contribution >= 0.6 is 0 Å². The van der Waals surface area contributed by atoms with Gasteiger partial charge in [0.15, 0.2) is 0 Å². The first-order valence-corrected chi connectivity index (χ1v) is 3.26. The van der Waals surface area contributed by atoms with Crippen molar-refractivity contribution < 1.29 is 14.2 Å². The van der Waals surface area contributed by atoms with Crippen LogP contribution < -0.4 is 0 Å². The standard InChI is InChI=1S/C6H10O3.Ba/c1(5-3-8-5)7-2-6-4-9-6;/h5-6H,1-4H2;. The Morgan fingerprint density at radius 3 is 1.80 bits per heavy atom. The third-order valence-corrected chi connectivity index (χ3v) is 1.41. The molecule has 0 saturated carbocycles. The summed E-state index contributed by atoms with van der Waals surface area (Å²) >= 11 is 0. The summed E-state index contributed by atoms with van der Waals surface area (Å²) in [4.78, 5) is 0. The molecular weight excluding hydrogens is 257 g/mol. The summed E-state index contributed by atoms with van der Waals surface area (Å²) in [6.45, 7) is 3.26. The average molecular weight is 267 g/mol. The molecule has 0 bridgehead atoms. The van der Waals surface area contributed by atoms with Crippen molar-refractivity contribution in [2.75, 3.05) is 26.4 Å². The van der Waals surface area contributed by atoms with Crippen molar-refractivity contribution in [2.24, 2.45) is 0 Å². The molecule has 4 heteroatoms. The molecule has 2 aliphatic rings. The summed E-state index contributed by atoms with van der Waals surface area (Å²) in [6, 6.07) is 0. The minimum absolute atomic E-state index is 0. The molecule has 0 aliphatic carbocycles. The second-order valence-electron chi connectivity index (χ2n) is 2.45. The molecule has 2 rings (SSSR count). The van der Waals surface area contributed by atoms with Crippen LogP contribution in [0.15, 0.2) is 0 Å². The van der Waals surface area contributed by atoms with Gasteiger partial charge < -0.3 is 14.2 Å². The minimum Gasteiger partial charge on any atom is -0.376 e. The van der Waals surface area contributed by atoms with Crippen molar-refractivity contribution in [2.45, 2.75) is 12.2 Å². The van der Waals surface area contributed by atoms with Gasteiger partial charge in [-0.05, 0) is 0 Å². The van der Waals surface area contributed by atoms with E-state index in [9.17, 15) is 0 Å². The predicted octanol–water partition coefficient (Wildman–Crippen LogP) is -0.580. The van der Waals surface area contributed by atoms with Gasteiger partial charge >= 0.3 is 0 Å². The Labute approximate surface area is 100 Å². The Bertz CT molecular complexity index is 89.2. The third-order valence-electron chi connectivity index (χ3n) is 1.41. The molecule has 2 radical (unpaired) electrons. The molecule has 0 aromatic heterocycles. The monoisotopic (exact) mass is 268 g/mol. The summed E-state index contributed by atoms with van der Waals surface area (Å²) < 4.78 is 15.1. The average Bonchev–Trinajstić information content (AvgIpc) is 2.57. The van der Waals surface area contributed by atoms with Crippen molar-refractivity contribution in [3.05, 3.63) is 0 Å². The van der Waals surface area contributed by atoms with Crippen LogP contribution in [-0.4, -0.2) is 87.5 Å². The molecule has 0 aromatic carbocycles. The van der Waals surface area contributed by atoms with Crippen LogP contribution in [0.3, 0.4) is 0 Å². The fourth-order valence-electron chi connectivity index (χ4n) is 0.659. The van der Waals surface area contributed by atoms with Gasteiger partial charge in [-0.1, -0.05) is 0 Å². The number of hydrogen-bond donors (Lipinski definition) is 0. The topological polar surface area (TPSA) is 34.3 Å². The molecule has 2 aliphatic heterocycles. The van der Waals surface area contributed by atoms with Crippen LogP contribution in [0.5, 0.6) is 0 Å². The zero-order valence-electron chi connectivity index (χ0n) is 5.91. The van der Waals surface area contributed by atoms with E-state index in [2.05, 4.69) is 0 Å². The Morgan fingerprint density at radius 1 is 1.10 bits per heavy atom. The maximum atomic E-state index is 5.23. The molecule has 0 spiro atoms. The van der Waals surface area contributed by atoms with Crippen molar-refractivity contribution in [1.29, 1.82) is 0 Å². The minimum atomic E-state index is 0. The fraction of sp³-hybridized carbons (Fsp3) is 1.00. The van der Waals surface area contributed by atoms with E-state index >= 15 is 0 Å². The van der Waals surface area contributed by atoms with Gasteiger partial charge in [0.05, 0.1) is 26.4 Å². The quantitative estimate of drug-likeness (QED) is 0.505. The second-order valence-corrected chi connectivity index (χ2v) is 2.45. The SMILES string of the molecule is C(OCC1CO1)C1CO1.[Ba]. The first-order valence-electron chi connectivity index (χ1n) is 3.26. The van der Waals surface area contributed by atoms with E-state index in [1.807, 2.05) is 0 Å². The summed E-state index contributed by atoms with van der Waals surface area (Å²) in [6.07, 6.45) is 0.785. The van der Waals surface area contributed by atoms with E-state index in [0.717, 1.165) is 26.4 Å². The Morgan fingerprint density at radius 2 is 1.50 bits per heavy atom. The Hall–Kier alpha value is 1.45. The van der Waals surface area contributed by atoms with Crippen molar-refractivity contribution >= 4 is 48.9 Å². The van der Waals surface area contributed by atoms with E-state index < -0.39 is 0 Å². The predicted molar refractivity (Wildman–Crippen MR) is 36.1 cm³/mol. The van der Waals surface area contributed by atoms with Crippen LogP contribution in [0.4, 0.5) is 0 Å². The molecule has 2 heterocycles. The molecule has 2 saturated heterocycles. The summed E-state index contributed by atoms with van der Waals surface area (Å²) in [7, 11) is 0. The Balaban J connectivity index is 0.000000500. The molecule has 0 amide bonds. The van der Waals surface area contributed by atoms with Crippen molar-refractivity contribution in [3.8, 4) is 0 Å². The number of epoxide rings is 2. The molecule has 2 atom stereocenters. The van der Waals surface area contributed by atoms with E-state index in [0.29, 0.717) is 12.2 Å². The van der Waals surface area contributed by atoms with Gasteiger partial charge in [0, 0.05) is 48.9 Å². The molecule has 0 N–H and O–H groups in total. The molecule has 2 unspecified atom stereocenters. The van der Waals surface area contributed by atoms with Crippen LogP contribution in [0, 0.1) is 0 Å². The fourth-order valence-corrected chi connectivity index (χ4v) is 0.659. The van der Waals surface area contributed by atoms with E-state index in [4.69, 9.17) is 14.2 Å². The molecule has 0 aromatic rings. The summed E-state index contributed by atoms with van der Waals surface area (Å²) in [5.41, 5.74) is 0. The van der Waals surface area contributed by atoms with Crippen LogP contribution in [-0.2, 0) is 14.2 Å². The van der Waals surface area contributed by atoms with Crippen molar-refractivity contribution in [1.82, 2.24) is 0 Å². The molecule has 54 valence electrons. The van der Waals surface area contributed by atoms with Gasteiger partial charge in [-0.25, -0.2) is 0 Å². The third kappa shape index (κ3) is 3.73. The van der Waals surface area contributed by atoms with Gasteiger partial charge in [-0.2, -0.15) is 0 Å². The smallest absolute Gasteiger partial charge is 0.104 e. The van der Waals surface area contributed by atoms with Gasteiger partial charge in [0.1, 0.15) is 12.2 Å². The van der Waals surface area contributed by atoms with Gasteiger partial charge in [0.2, 0.25) is 0 Å². The molecular formula is C6H10BaO3. The van der Waals surface area contributed by atoms with Gasteiger partial charge in [-0.3, -0.25) is 0 Å². The van der Waals surface area contributed by atoms with E-state index in [-0.39, 0.29) is 48.9 Å². The molecule has 10 heavy (non-hydrogen) atoms. The zero-order valence-corrected chi connectivity index (χ0v) is 10.4. The van der Waals surface area contributed by atoms with Crippen molar-refractivity contribution in [3.63, 3.8) is 0 Å². The number of hydrogen-bond acceptors (Lipinski definition) is 3.